The number of rotatable bonds is 5. The van der Waals surface area contributed by atoms with E-state index in [-0.39, 0.29) is 42.3 Å². The summed E-state index contributed by atoms with van der Waals surface area (Å²) >= 11 is 0. The number of aliphatic imine (C=N–C) groups is 1. The molecule has 1 aliphatic rings. The summed E-state index contributed by atoms with van der Waals surface area (Å²) in [5.74, 6) is 0.608. The van der Waals surface area contributed by atoms with E-state index in [1.54, 1.807) is 22.8 Å². The van der Waals surface area contributed by atoms with E-state index in [1.807, 2.05) is 38.9 Å². The normalized spacial score (nSPS) is 15.4. The van der Waals surface area contributed by atoms with Crippen molar-refractivity contribution in [3.63, 3.8) is 0 Å². The van der Waals surface area contributed by atoms with Gasteiger partial charge >= 0.3 is 0 Å². The van der Waals surface area contributed by atoms with E-state index in [9.17, 15) is 9.59 Å². The van der Waals surface area contributed by atoms with Crippen molar-refractivity contribution in [2.75, 3.05) is 44.7 Å². The first kappa shape index (κ1) is 23.2. The highest BCUT2D eigenvalue weighted by Crippen LogP contribution is 2.17. The lowest BCUT2D eigenvalue weighted by atomic mass is 9.92. The second-order valence-corrected chi connectivity index (χ2v) is 6.98. The number of hydrogen-bond acceptors (Lipinski definition) is 4. The van der Waals surface area contributed by atoms with Gasteiger partial charge in [-0.15, -0.1) is 24.0 Å². The smallest absolute Gasteiger partial charge is 0.246 e. The van der Waals surface area contributed by atoms with Gasteiger partial charge in [0, 0.05) is 46.5 Å². The SMILES string of the molecule is CCNC(=O)C(C)(C)CNC(=NC)N1CCN(c2cnn(C)c2)C(=O)C1.I. The maximum atomic E-state index is 12.5. The van der Waals surface area contributed by atoms with E-state index < -0.39 is 5.41 Å². The van der Waals surface area contributed by atoms with Crippen LogP contribution in [-0.2, 0) is 16.6 Å². The summed E-state index contributed by atoms with van der Waals surface area (Å²) < 4.78 is 1.68. The fraction of sp³-hybridized carbons (Fsp3) is 0.647. The van der Waals surface area contributed by atoms with E-state index in [2.05, 4.69) is 20.7 Å². The predicted octanol–water partition coefficient (Wildman–Crippen LogP) is 0.424. The van der Waals surface area contributed by atoms with E-state index in [0.29, 0.717) is 32.1 Å². The van der Waals surface area contributed by atoms with E-state index in [4.69, 9.17) is 0 Å². The molecule has 2 amide bonds. The molecule has 0 unspecified atom stereocenters. The molecule has 2 rings (SSSR count). The zero-order valence-electron chi connectivity index (χ0n) is 16.7. The third-order valence-corrected chi connectivity index (χ3v) is 4.38. The summed E-state index contributed by atoms with van der Waals surface area (Å²) in [6, 6.07) is 0. The number of anilines is 1. The second kappa shape index (κ2) is 9.90. The number of nitrogens with one attached hydrogen (secondary N) is 2. The Labute approximate surface area is 177 Å². The molecule has 10 heteroatoms. The van der Waals surface area contributed by atoms with Crippen molar-refractivity contribution in [2.45, 2.75) is 20.8 Å². The number of nitrogens with zero attached hydrogens (tertiary/aromatic N) is 5. The van der Waals surface area contributed by atoms with Crippen LogP contribution in [0.4, 0.5) is 5.69 Å². The number of hydrogen-bond donors (Lipinski definition) is 2. The highest BCUT2D eigenvalue weighted by molar-refractivity contribution is 14.0. The van der Waals surface area contributed by atoms with Gasteiger partial charge in [-0.05, 0) is 20.8 Å². The second-order valence-electron chi connectivity index (χ2n) is 6.98. The highest BCUT2D eigenvalue weighted by atomic mass is 127. The molecule has 1 aromatic rings. The highest BCUT2D eigenvalue weighted by Gasteiger charge is 2.30. The lowest BCUT2D eigenvalue weighted by Crippen LogP contribution is -2.56. The summed E-state index contributed by atoms with van der Waals surface area (Å²) in [7, 11) is 3.51. The summed E-state index contributed by atoms with van der Waals surface area (Å²) in [5, 5.41) is 10.2. The number of aryl methyl sites for hydroxylation is 1. The first-order chi connectivity index (χ1) is 12.3. The van der Waals surface area contributed by atoms with Crippen molar-refractivity contribution in [3.8, 4) is 0 Å². The van der Waals surface area contributed by atoms with Crippen LogP contribution in [0.15, 0.2) is 17.4 Å². The molecule has 2 heterocycles. The molecule has 0 radical (unpaired) electrons. The fourth-order valence-electron chi connectivity index (χ4n) is 2.79. The van der Waals surface area contributed by atoms with Crippen LogP contribution in [0, 0.1) is 5.41 Å². The number of piperazine rings is 1. The number of carbonyl (C=O) groups excluding carboxylic acids is 2. The van der Waals surface area contributed by atoms with Gasteiger partial charge in [0.15, 0.2) is 5.96 Å². The molecule has 152 valence electrons. The first-order valence-electron chi connectivity index (χ1n) is 8.81. The van der Waals surface area contributed by atoms with Gasteiger partial charge in [0.05, 0.1) is 17.3 Å². The predicted molar refractivity (Wildman–Crippen MR) is 116 cm³/mol. The zero-order chi connectivity index (χ0) is 19.3. The summed E-state index contributed by atoms with van der Waals surface area (Å²) in [5.41, 5.74) is 0.227. The van der Waals surface area contributed by atoms with Crippen LogP contribution in [0.3, 0.4) is 0 Å². The Morgan fingerprint density at radius 2 is 2.04 bits per heavy atom. The number of halogens is 1. The summed E-state index contributed by atoms with van der Waals surface area (Å²) in [4.78, 5) is 32.6. The van der Waals surface area contributed by atoms with Crippen molar-refractivity contribution in [3.05, 3.63) is 12.4 Å². The molecular formula is C17H30IN7O2. The first-order valence-corrected chi connectivity index (χ1v) is 8.81. The molecular weight excluding hydrogens is 461 g/mol. The lowest BCUT2D eigenvalue weighted by molar-refractivity contribution is -0.129. The number of aromatic nitrogens is 2. The minimum absolute atomic E-state index is 0. The number of amides is 2. The Balaban J connectivity index is 0.00000364. The fourth-order valence-corrected chi connectivity index (χ4v) is 2.79. The van der Waals surface area contributed by atoms with Gasteiger partial charge in [-0.1, -0.05) is 0 Å². The van der Waals surface area contributed by atoms with Crippen molar-refractivity contribution in [1.29, 1.82) is 0 Å². The van der Waals surface area contributed by atoms with Gasteiger partial charge in [0.2, 0.25) is 11.8 Å². The number of guanidine groups is 1. The minimum Gasteiger partial charge on any atom is -0.356 e. The van der Waals surface area contributed by atoms with Gasteiger partial charge < -0.3 is 20.4 Å². The average molecular weight is 491 g/mol. The Kier molecular flexibility index (Phi) is 8.51. The quantitative estimate of drug-likeness (QED) is 0.354. The van der Waals surface area contributed by atoms with Gasteiger partial charge in [0.1, 0.15) is 6.54 Å². The Bertz CT molecular complexity index is 687. The van der Waals surface area contributed by atoms with Crippen LogP contribution < -0.4 is 15.5 Å². The van der Waals surface area contributed by atoms with Crippen molar-refractivity contribution in [2.24, 2.45) is 17.5 Å². The topological polar surface area (TPSA) is 94.9 Å². The molecule has 0 bridgehead atoms. The van der Waals surface area contributed by atoms with Crippen LogP contribution in [0.2, 0.25) is 0 Å². The molecule has 27 heavy (non-hydrogen) atoms. The monoisotopic (exact) mass is 491 g/mol. The molecule has 0 saturated carbocycles. The van der Waals surface area contributed by atoms with Crippen molar-refractivity contribution in [1.82, 2.24) is 25.3 Å². The molecule has 0 aromatic carbocycles. The molecule has 1 aliphatic heterocycles. The van der Waals surface area contributed by atoms with E-state index >= 15 is 0 Å². The van der Waals surface area contributed by atoms with Crippen molar-refractivity contribution >= 4 is 47.4 Å². The molecule has 1 aromatic heterocycles. The zero-order valence-corrected chi connectivity index (χ0v) is 19.0. The maximum Gasteiger partial charge on any atom is 0.246 e. The molecule has 1 saturated heterocycles. The molecule has 2 N–H and O–H groups in total. The molecule has 0 atom stereocenters. The van der Waals surface area contributed by atoms with Crippen molar-refractivity contribution < 1.29 is 9.59 Å². The lowest BCUT2D eigenvalue weighted by Gasteiger charge is -2.36. The minimum atomic E-state index is -0.576. The summed E-state index contributed by atoms with van der Waals surface area (Å²) in [6.07, 6.45) is 3.52. The van der Waals surface area contributed by atoms with Gasteiger partial charge in [0.25, 0.3) is 0 Å². The third kappa shape index (κ3) is 5.81. The average Bonchev–Trinajstić information content (AvgIpc) is 3.02. The maximum absolute atomic E-state index is 12.5. The van der Waals surface area contributed by atoms with E-state index in [0.717, 1.165) is 5.69 Å². The molecule has 0 aliphatic carbocycles. The van der Waals surface area contributed by atoms with Gasteiger partial charge in [-0.3, -0.25) is 19.3 Å². The Morgan fingerprint density at radius 3 is 2.56 bits per heavy atom. The third-order valence-electron chi connectivity index (χ3n) is 4.38. The molecule has 0 spiro atoms. The Hall–Kier alpha value is -1.85. The molecule has 9 nitrogen and oxygen atoms in total. The van der Waals surface area contributed by atoms with Crippen LogP contribution >= 0.6 is 24.0 Å². The van der Waals surface area contributed by atoms with Crippen LogP contribution in [0.1, 0.15) is 20.8 Å². The standard InChI is InChI=1S/C17H29N7O2.HI/c1-6-19-15(26)17(2,3)12-20-16(18-4)23-7-8-24(14(25)11-23)13-9-21-22(5)10-13;/h9-10H,6-8,11-12H2,1-5H3,(H,18,20)(H,19,26);1H. The largest absolute Gasteiger partial charge is 0.356 e. The summed E-state index contributed by atoms with van der Waals surface area (Å²) in [6.45, 7) is 8.13. The van der Waals surface area contributed by atoms with Crippen LogP contribution in [0.25, 0.3) is 0 Å². The van der Waals surface area contributed by atoms with Crippen LogP contribution in [0.5, 0.6) is 0 Å². The number of carbonyl (C=O) groups is 2. The van der Waals surface area contributed by atoms with Gasteiger partial charge in [-0.2, -0.15) is 5.10 Å². The molecule has 1 fully saturated rings. The van der Waals surface area contributed by atoms with Crippen LogP contribution in [-0.4, -0.2) is 72.2 Å². The van der Waals surface area contributed by atoms with Gasteiger partial charge in [-0.25, -0.2) is 0 Å². The Morgan fingerprint density at radius 1 is 1.33 bits per heavy atom. The van der Waals surface area contributed by atoms with E-state index in [1.165, 1.54) is 0 Å².